The summed E-state index contributed by atoms with van der Waals surface area (Å²) in [7, 11) is 2.07. The van der Waals surface area contributed by atoms with Gasteiger partial charge in [-0.3, -0.25) is 4.90 Å². The number of likely N-dealkylation sites (tertiary alicyclic amines) is 1. The highest BCUT2D eigenvalue weighted by Gasteiger charge is 2.46. The zero-order chi connectivity index (χ0) is 17.5. The summed E-state index contributed by atoms with van der Waals surface area (Å²) in [6, 6.07) is 8.91. The number of ether oxygens (including phenoxy) is 2. The number of nitrogens with zero attached hydrogens (tertiary/aromatic N) is 3. The predicted octanol–water partition coefficient (Wildman–Crippen LogP) is 3.03. The van der Waals surface area contributed by atoms with Crippen molar-refractivity contribution in [1.82, 2.24) is 14.5 Å². The highest BCUT2D eigenvalue weighted by Crippen LogP contribution is 2.47. The van der Waals surface area contributed by atoms with Crippen LogP contribution >= 0.6 is 0 Å². The van der Waals surface area contributed by atoms with Crippen LogP contribution in [-0.2, 0) is 18.3 Å². The van der Waals surface area contributed by atoms with Crippen LogP contribution in [0.15, 0.2) is 36.7 Å². The molecule has 2 aliphatic heterocycles. The lowest BCUT2D eigenvalue weighted by Crippen LogP contribution is -2.32. The zero-order valence-corrected chi connectivity index (χ0v) is 15.4. The molecule has 0 N–H and O–H groups in total. The fourth-order valence-electron chi connectivity index (χ4n) is 4.52. The van der Waals surface area contributed by atoms with Crippen molar-refractivity contribution in [3.63, 3.8) is 0 Å². The Morgan fingerprint density at radius 1 is 1.23 bits per heavy atom. The number of fused-ring (bicyclic) bond motifs is 3. The van der Waals surface area contributed by atoms with Crippen molar-refractivity contribution in [2.45, 2.75) is 25.4 Å². The summed E-state index contributed by atoms with van der Waals surface area (Å²) in [4.78, 5) is 7.13. The van der Waals surface area contributed by atoms with Gasteiger partial charge in [0.25, 0.3) is 0 Å². The summed E-state index contributed by atoms with van der Waals surface area (Å²) in [6.07, 6.45) is 6.60. The molecule has 0 amide bonds. The molecule has 1 aromatic heterocycles. The average Bonchev–Trinajstić information content (AvgIpc) is 3.30. The molecule has 1 saturated carbocycles. The van der Waals surface area contributed by atoms with Crippen molar-refractivity contribution >= 4 is 0 Å². The predicted molar refractivity (Wildman–Crippen MR) is 98.8 cm³/mol. The SMILES string of the molecule is Cn1ccnc1CN1C[C@@H](COCC2CC2)[C@@H]2COc3ccccc3[C@@H]21. The van der Waals surface area contributed by atoms with Gasteiger partial charge >= 0.3 is 0 Å². The van der Waals surface area contributed by atoms with E-state index in [1.165, 1.54) is 18.4 Å². The molecule has 5 heteroatoms. The minimum atomic E-state index is 0.395. The highest BCUT2D eigenvalue weighted by molar-refractivity contribution is 5.39. The van der Waals surface area contributed by atoms with Gasteiger partial charge in [-0.05, 0) is 24.8 Å². The maximum absolute atomic E-state index is 6.11. The molecular weight excluding hydrogens is 326 g/mol. The number of rotatable bonds is 6. The van der Waals surface area contributed by atoms with Crippen molar-refractivity contribution in [3.05, 3.63) is 48.0 Å². The van der Waals surface area contributed by atoms with Gasteiger partial charge in [-0.2, -0.15) is 0 Å². The third-order valence-corrected chi connectivity index (χ3v) is 6.19. The molecule has 1 saturated heterocycles. The molecule has 138 valence electrons. The lowest BCUT2D eigenvalue weighted by molar-refractivity contribution is 0.0641. The molecule has 1 aliphatic carbocycles. The Labute approximate surface area is 154 Å². The molecule has 0 unspecified atom stereocenters. The summed E-state index contributed by atoms with van der Waals surface area (Å²) >= 11 is 0. The first-order valence-corrected chi connectivity index (χ1v) is 9.79. The molecule has 3 atom stereocenters. The minimum Gasteiger partial charge on any atom is -0.493 e. The van der Waals surface area contributed by atoms with E-state index in [2.05, 4.69) is 45.8 Å². The van der Waals surface area contributed by atoms with Crippen LogP contribution < -0.4 is 4.74 Å². The fourth-order valence-corrected chi connectivity index (χ4v) is 4.52. The number of hydrogen-bond acceptors (Lipinski definition) is 4. The molecule has 5 rings (SSSR count). The topological polar surface area (TPSA) is 39.5 Å². The van der Waals surface area contributed by atoms with Crippen molar-refractivity contribution in [2.24, 2.45) is 24.8 Å². The van der Waals surface area contributed by atoms with Gasteiger partial charge in [0.2, 0.25) is 0 Å². The third kappa shape index (κ3) is 3.03. The van der Waals surface area contributed by atoms with Crippen LogP contribution in [0.2, 0.25) is 0 Å². The van der Waals surface area contributed by atoms with Crippen molar-refractivity contribution in [3.8, 4) is 5.75 Å². The zero-order valence-electron chi connectivity index (χ0n) is 15.4. The van der Waals surface area contributed by atoms with E-state index >= 15 is 0 Å². The number of aromatic nitrogens is 2. The molecule has 5 nitrogen and oxygen atoms in total. The highest BCUT2D eigenvalue weighted by atomic mass is 16.5. The Kier molecular flexibility index (Phi) is 4.21. The van der Waals surface area contributed by atoms with Gasteiger partial charge in [0, 0.05) is 56.0 Å². The average molecular weight is 353 g/mol. The summed E-state index contributed by atoms with van der Waals surface area (Å²) in [5.74, 6) is 3.99. The molecule has 0 spiro atoms. The molecule has 2 fully saturated rings. The van der Waals surface area contributed by atoms with E-state index < -0.39 is 0 Å². The summed E-state index contributed by atoms with van der Waals surface area (Å²) in [6.45, 7) is 4.49. The quantitative estimate of drug-likeness (QED) is 0.800. The van der Waals surface area contributed by atoms with Crippen LogP contribution in [0.4, 0.5) is 0 Å². The first-order valence-electron chi connectivity index (χ1n) is 9.79. The van der Waals surface area contributed by atoms with E-state index in [0.29, 0.717) is 17.9 Å². The molecule has 1 aromatic carbocycles. The van der Waals surface area contributed by atoms with Crippen LogP contribution in [0.5, 0.6) is 5.75 Å². The Hall–Kier alpha value is -1.85. The standard InChI is InChI=1S/C21H27N3O2/c1-23-9-8-22-20(23)11-24-10-16(13-25-12-15-6-7-15)18-14-26-19-5-3-2-4-17(19)21(18)24/h2-5,8-9,15-16,18,21H,6-7,10-14H2,1H3/t16-,18-,21-/m0/s1. The van der Waals surface area contributed by atoms with Gasteiger partial charge in [-0.25, -0.2) is 4.98 Å². The van der Waals surface area contributed by atoms with E-state index in [9.17, 15) is 0 Å². The van der Waals surface area contributed by atoms with E-state index in [4.69, 9.17) is 9.47 Å². The first-order chi connectivity index (χ1) is 12.8. The first kappa shape index (κ1) is 16.3. The fraction of sp³-hybridized carbons (Fsp3) is 0.571. The van der Waals surface area contributed by atoms with Crippen molar-refractivity contribution < 1.29 is 9.47 Å². The van der Waals surface area contributed by atoms with Gasteiger partial charge in [0.1, 0.15) is 11.6 Å². The van der Waals surface area contributed by atoms with Gasteiger partial charge in [0.05, 0.1) is 19.8 Å². The molecule has 26 heavy (non-hydrogen) atoms. The molecule has 2 aromatic rings. The number of imidazole rings is 1. The van der Waals surface area contributed by atoms with Crippen molar-refractivity contribution in [2.75, 3.05) is 26.4 Å². The number of aryl methyl sites for hydroxylation is 1. The molecule has 3 aliphatic rings. The minimum absolute atomic E-state index is 0.395. The number of hydrogen-bond donors (Lipinski definition) is 0. The lowest BCUT2D eigenvalue weighted by Gasteiger charge is -2.34. The van der Waals surface area contributed by atoms with Gasteiger partial charge in [-0.15, -0.1) is 0 Å². The van der Waals surface area contributed by atoms with Gasteiger partial charge < -0.3 is 14.0 Å². The summed E-state index contributed by atoms with van der Waals surface area (Å²) in [5.41, 5.74) is 1.32. The second-order valence-electron chi connectivity index (χ2n) is 8.08. The molecule has 0 radical (unpaired) electrons. The maximum Gasteiger partial charge on any atom is 0.124 e. The second kappa shape index (κ2) is 6.71. The molecule has 3 heterocycles. The van der Waals surface area contributed by atoms with Crippen LogP contribution in [0.1, 0.15) is 30.3 Å². The van der Waals surface area contributed by atoms with Crippen LogP contribution in [-0.4, -0.2) is 40.8 Å². The Morgan fingerprint density at radius 3 is 2.92 bits per heavy atom. The maximum atomic E-state index is 6.11. The van der Waals surface area contributed by atoms with Gasteiger partial charge in [-0.1, -0.05) is 18.2 Å². The largest absolute Gasteiger partial charge is 0.493 e. The van der Waals surface area contributed by atoms with Crippen LogP contribution in [0, 0.1) is 17.8 Å². The Bertz CT molecular complexity index is 770. The number of para-hydroxylation sites is 1. The Balaban J connectivity index is 1.38. The molecular formula is C21H27N3O2. The van der Waals surface area contributed by atoms with Gasteiger partial charge in [0.15, 0.2) is 0 Å². The van der Waals surface area contributed by atoms with E-state index in [1.807, 2.05) is 12.4 Å². The van der Waals surface area contributed by atoms with E-state index in [1.54, 1.807) is 0 Å². The third-order valence-electron chi connectivity index (χ3n) is 6.19. The Morgan fingerprint density at radius 2 is 2.12 bits per heavy atom. The lowest BCUT2D eigenvalue weighted by atomic mass is 9.85. The monoisotopic (exact) mass is 353 g/mol. The normalized spacial score (nSPS) is 27.8. The van der Waals surface area contributed by atoms with Crippen LogP contribution in [0.3, 0.4) is 0 Å². The number of benzene rings is 1. The second-order valence-corrected chi connectivity index (χ2v) is 8.08. The molecule has 0 bridgehead atoms. The van der Waals surface area contributed by atoms with Crippen LogP contribution in [0.25, 0.3) is 0 Å². The van der Waals surface area contributed by atoms with Crippen molar-refractivity contribution in [1.29, 1.82) is 0 Å². The van der Waals surface area contributed by atoms with E-state index in [-0.39, 0.29) is 0 Å². The summed E-state index contributed by atoms with van der Waals surface area (Å²) < 4.78 is 14.3. The smallest absolute Gasteiger partial charge is 0.124 e. The summed E-state index contributed by atoms with van der Waals surface area (Å²) in [5, 5.41) is 0. The van der Waals surface area contributed by atoms with E-state index in [0.717, 1.165) is 50.4 Å².